The van der Waals surface area contributed by atoms with Crippen molar-refractivity contribution in [2.24, 2.45) is 0 Å². The zero-order valence-electron chi connectivity index (χ0n) is 11.2. The van der Waals surface area contributed by atoms with Gasteiger partial charge in [0.15, 0.2) is 0 Å². The molecule has 2 aromatic rings. The van der Waals surface area contributed by atoms with Crippen molar-refractivity contribution in [3.8, 4) is 0 Å². The molecule has 2 heterocycles. The maximum absolute atomic E-state index is 12.6. The molecule has 1 fully saturated rings. The number of aliphatic hydroxyl groups is 1. The third kappa shape index (κ3) is 2.30. The van der Waals surface area contributed by atoms with E-state index in [-0.39, 0.29) is 17.9 Å². The lowest BCUT2D eigenvalue weighted by molar-refractivity contribution is -0.140. The fourth-order valence-electron chi connectivity index (χ4n) is 2.58. The van der Waals surface area contributed by atoms with Gasteiger partial charge in [-0.2, -0.15) is 4.31 Å². The summed E-state index contributed by atoms with van der Waals surface area (Å²) in [5, 5.41) is 18.7. The summed E-state index contributed by atoms with van der Waals surface area (Å²) >= 11 is 0. The van der Waals surface area contributed by atoms with Crippen molar-refractivity contribution in [1.29, 1.82) is 0 Å². The second-order valence-electron chi connectivity index (χ2n) is 5.10. The number of nitrogens with one attached hydrogen (secondary N) is 2. The molecule has 118 valence electrons. The number of aliphatic carboxylic acids is 1. The summed E-state index contributed by atoms with van der Waals surface area (Å²) < 4.78 is 26.0. The van der Waals surface area contributed by atoms with Gasteiger partial charge in [-0.1, -0.05) is 0 Å². The van der Waals surface area contributed by atoms with Crippen LogP contribution in [0.1, 0.15) is 6.42 Å². The highest BCUT2D eigenvalue weighted by Crippen LogP contribution is 2.27. The number of sulfonamides is 1. The normalized spacial score (nSPS) is 23.1. The monoisotopic (exact) mass is 327 g/mol. The third-order valence-electron chi connectivity index (χ3n) is 3.61. The van der Waals surface area contributed by atoms with E-state index in [0.29, 0.717) is 11.0 Å². The Morgan fingerprint density at radius 1 is 1.27 bits per heavy atom. The Hall–Kier alpha value is -2.17. The Balaban J connectivity index is 2.07. The fraction of sp³-hybridized carbons (Fsp3) is 0.333. The average Bonchev–Trinajstić information content (AvgIpc) is 2.99. The molecule has 0 bridgehead atoms. The third-order valence-corrected chi connectivity index (χ3v) is 5.48. The first-order chi connectivity index (χ1) is 10.3. The molecule has 0 unspecified atom stereocenters. The van der Waals surface area contributed by atoms with Crippen LogP contribution in [0.25, 0.3) is 11.0 Å². The van der Waals surface area contributed by atoms with Crippen molar-refractivity contribution in [3.63, 3.8) is 0 Å². The van der Waals surface area contributed by atoms with Gasteiger partial charge in [0.2, 0.25) is 10.0 Å². The molecule has 1 aromatic heterocycles. The first-order valence-electron chi connectivity index (χ1n) is 6.44. The molecule has 10 heteroatoms. The summed E-state index contributed by atoms with van der Waals surface area (Å²) in [6, 6.07) is 2.65. The number of aromatic amines is 2. The van der Waals surface area contributed by atoms with Crippen LogP contribution >= 0.6 is 0 Å². The van der Waals surface area contributed by atoms with E-state index in [1.165, 1.54) is 18.2 Å². The molecule has 9 nitrogen and oxygen atoms in total. The maximum Gasteiger partial charge on any atom is 0.323 e. The smallest absolute Gasteiger partial charge is 0.323 e. The number of hydrogen-bond acceptors (Lipinski definition) is 5. The van der Waals surface area contributed by atoms with Gasteiger partial charge in [0.25, 0.3) is 0 Å². The Kier molecular flexibility index (Phi) is 3.31. The second-order valence-corrected chi connectivity index (χ2v) is 7.00. The molecule has 0 radical (unpaired) electrons. The van der Waals surface area contributed by atoms with Crippen LogP contribution in [-0.2, 0) is 14.8 Å². The molecule has 1 saturated heterocycles. The van der Waals surface area contributed by atoms with E-state index < -0.39 is 33.8 Å². The highest BCUT2D eigenvalue weighted by Gasteiger charge is 2.43. The Morgan fingerprint density at radius 3 is 2.64 bits per heavy atom. The molecule has 22 heavy (non-hydrogen) atoms. The number of carbonyl (C=O) groups is 1. The molecular formula is C12H13N3O6S. The van der Waals surface area contributed by atoms with Crippen molar-refractivity contribution >= 4 is 27.0 Å². The maximum atomic E-state index is 12.6. The van der Waals surface area contributed by atoms with Crippen LogP contribution in [0.3, 0.4) is 0 Å². The number of hydrogen-bond donors (Lipinski definition) is 4. The van der Waals surface area contributed by atoms with E-state index in [1.807, 2.05) is 0 Å². The number of nitrogens with zero attached hydrogens (tertiary/aromatic N) is 1. The molecule has 1 aliphatic rings. The summed E-state index contributed by atoms with van der Waals surface area (Å²) in [6.45, 7) is -0.277. The van der Waals surface area contributed by atoms with Crippen molar-refractivity contribution in [2.75, 3.05) is 6.54 Å². The molecule has 0 amide bonds. The van der Waals surface area contributed by atoms with E-state index in [9.17, 15) is 23.1 Å². The number of aromatic nitrogens is 2. The molecule has 1 aliphatic heterocycles. The van der Waals surface area contributed by atoms with Gasteiger partial charge in [-0.05, 0) is 18.2 Å². The molecule has 2 atom stereocenters. The topological polar surface area (TPSA) is 144 Å². The summed E-state index contributed by atoms with van der Waals surface area (Å²) in [6.07, 6.45) is -1.18. The van der Waals surface area contributed by atoms with Crippen LogP contribution in [0.5, 0.6) is 0 Å². The van der Waals surface area contributed by atoms with E-state index in [2.05, 4.69) is 9.97 Å². The number of H-pyrrole nitrogens is 2. The second kappa shape index (κ2) is 4.93. The number of aliphatic hydroxyl groups excluding tert-OH is 1. The van der Waals surface area contributed by atoms with Crippen molar-refractivity contribution in [3.05, 3.63) is 28.7 Å². The lowest BCUT2D eigenvalue weighted by Crippen LogP contribution is -2.40. The molecule has 0 aliphatic carbocycles. The minimum absolute atomic E-state index is 0.143. The minimum Gasteiger partial charge on any atom is -0.480 e. The largest absolute Gasteiger partial charge is 0.480 e. The summed E-state index contributed by atoms with van der Waals surface area (Å²) in [5.41, 5.74) is 0.280. The zero-order valence-corrected chi connectivity index (χ0v) is 12.0. The van der Waals surface area contributed by atoms with Gasteiger partial charge in [0, 0.05) is 13.0 Å². The van der Waals surface area contributed by atoms with E-state index in [4.69, 9.17) is 5.11 Å². The number of imidazole rings is 1. The molecular weight excluding hydrogens is 314 g/mol. The van der Waals surface area contributed by atoms with Gasteiger partial charge in [-0.15, -0.1) is 0 Å². The predicted molar refractivity (Wildman–Crippen MR) is 74.9 cm³/mol. The first kappa shape index (κ1) is 14.8. The van der Waals surface area contributed by atoms with Crippen LogP contribution < -0.4 is 5.69 Å². The first-order valence-corrected chi connectivity index (χ1v) is 7.88. The number of carboxylic acid groups (broad SMARTS) is 1. The van der Waals surface area contributed by atoms with E-state index >= 15 is 0 Å². The number of carboxylic acids is 1. The standard InChI is InChI=1S/C12H13N3O6S/c16-6-3-10(11(17)18)15(5-6)22(20,21)7-1-2-8-9(4-7)14-12(19)13-8/h1-2,4,6,10,16H,3,5H2,(H,17,18)(H2,13,14,19)/t6-,10-/m0/s1. The predicted octanol–water partition coefficient (Wildman–Crippen LogP) is -0.935. The highest BCUT2D eigenvalue weighted by molar-refractivity contribution is 7.89. The Morgan fingerprint density at radius 2 is 1.95 bits per heavy atom. The molecule has 1 aromatic carbocycles. The SMILES string of the molecule is O=C(O)[C@@H]1C[C@H](O)CN1S(=O)(=O)c1ccc2[nH]c(=O)[nH]c2c1. The lowest BCUT2D eigenvalue weighted by atomic mass is 10.2. The van der Waals surface area contributed by atoms with Gasteiger partial charge in [-0.25, -0.2) is 13.2 Å². The molecule has 0 spiro atoms. The van der Waals surface area contributed by atoms with Crippen LogP contribution in [0.15, 0.2) is 27.9 Å². The average molecular weight is 327 g/mol. The fourth-order valence-corrected chi connectivity index (χ4v) is 4.24. The number of rotatable bonds is 3. The van der Waals surface area contributed by atoms with Crippen LogP contribution in [-0.4, -0.2) is 57.6 Å². The Bertz CT molecular complexity index is 899. The van der Waals surface area contributed by atoms with Gasteiger partial charge in [0.05, 0.1) is 22.0 Å². The van der Waals surface area contributed by atoms with Crippen LogP contribution in [0, 0.1) is 0 Å². The number of benzene rings is 1. The molecule has 4 N–H and O–H groups in total. The summed E-state index contributed by atoms with van der Waals surface area (Å²) in [7, 11) is -4.09. The van der Waals surface area contributed by atoms with Gasteiger partial charge < -0.3 is 20.2 Å². The minimum atomic E-state index is -4.09. The quantitative estimate of drug-likeness (QED) is 0.573. The Labute approximate surface area is 124 Å². The van der Waals surface area contributed by atoms with E-state index in [0.717, 1.165) is 4.31 Å². The van der Waals surface area contributed by atoms with Crippen molar-refractivity contribution in [1.82, 2.24) is 14.3 Å². The van der Waals surface area contributed by atoms with Crippen molar-refractivity contribution < 1.29 is 23.4 Å². The van der Waals surface area contributed by atoms with Gasteiger partial charge in [0.1, 0.15) is 6.04 Å². The van der Waals surface area contributed by atoms with Crippen LogP contribution in [0.2, 0.25) is 0 Å². The highest BCUT2D eigenvalue weighted by atomic mass is 32.2. The number of fused-ring (bicyclic) bond motifs is 1. The van der Waals surface area contributed by atoms with Gasteiger partial charge >= 0.3 is 11.7 Å². The summed E-state index contributed by atoms with van der Waals surface area (Å²) in [5.74, 6) is -1.31. The van der Waals surface area contributed by atoms with Gasteiger partial charge in [-0.3, -0.25) is 4.79 Å². The van der Waals surface area contributed by atoms with Crippen molar-refractivity contribution in [2.45, 2.75) is 23.5 Å². The van der Waals surface area contributed by atoms with Crippen LogP contribution in [0.4, 0.5) is 0 Å². The number of β-amino-alcohol motifs (C(OH)–C–C–N with tert-alkyl or cyclic N) is 1. The molecule has 0 saturated carbocycles. The lowest BCUT2D eigenvalue weighted by Gasteiger charge is -2.20. The van der Waals surface area contributed by atoms with E-state index in [1.54, 1.807) is 0 Å². The molecule has 3 rings (SSSR count). The summed E-state index contributed by atoms with van der Waals surface area (Å²) in [4.78, 5) is 27.2. The zero-order chi connectivity index (χ0) is 16.1.